The van der Waals surface area contributed by atoms with E-state index in [1.54, 1.807) is 0 Å². The predicted molar refractivity (Wildman–Crippen MR) is 119 cm³/mol. The van der Waals surface area contributed by atoms with Gasteiger partial charge in [-0.1, -0.05) is 87.5 Å². The van der Waals surface area contributed by atoms with Gasteiger partial charge >= 0.3 is 0 Å². The maximum absolute atomic E-state index is 3.42. The summed E-state index contributed by atoms with van der Waals surface area (Å²) in [7, 11) is 2.02. The van der Waals surface area contributed by atoms with Crippen LogP contribution in [0.3, 0.4) is 0 Å². The van der Waals surface area contributed by atoms with Crippen molar-refractivity contribution in [3.63, 3.8) is 0 Å². The van der Waals surface area contributed by atoms with Crippen molar-refractivity contribution in [2.45, 2.75) is 32.2 Å². The summed E-state index contributed by atoms with van der Waals surface area (Å²) in [6.45, 7) is 6.75. The first-order valence-electron chi connectivity index (χ1n) is 9.89. The molecule has 0 aliphatic carbocycles. The number of hydrazine groups is 1. The summed E-state index contributed by atoms with van der Waals surface area (Å²) in [4.78, 5) is 0. The van der Waals surface area contributed by atoms with Gasteiger partial charge in [-0.25, -0.2) is 5.43 Å². The fourth-order valence-electron chi connectivity index (χ4n) is 3.64. The van der Waals surface area contributed by atoms with Gasteiger partial charge in [-0.15, -0.1) is 0 Å². The van der Waals surface area contributed by atoms with Crippen molar-refractivity contribution in [2.24, 2.45) is 0 Å². The van der Waals surface area contributed by atoms with Crippen molar-refractivity contribution in [3.8, 4) is 22.3 Å². The first-order chi connectivity index (χ1) is 13.4. The summed E-state index contributed by atoms with van der Waals surface area (Å²) in [5, 5.41) is 2.00. The standard InChI is InChI=1S/C26H28N2/c1-26(2,3)24-14-12-20(13-15-24)19-8-10-21(11-9-19)22-6-5-7-23(18-22)25-16-17-28(4)27-25/h5-18,25,27H,1-4H3. The van der Waals surface area contributed by atoms with Crippen molar-refractivity contribution in [2.75, 3.05) is 7.05 Å². The Kier molecular flexibility index (Phi) is 4.82. The molecule has 3 aromatic carbocycles. The van der Waals surface area contributed by atoms with Crippen LogP contribution in [0.2, 0.25) is 0 Å². The van der Waals surface area contributed by atoms with Gasteiger partial charge in [0.15, 0.2) is 0 Å². The predicted octanol–water partition coefficient (Wildman–Crippen LogP) is 6.32. The lowest BCUT2D eigenvalue weighted by atomic mass is 9.86. The van der Waals surface area contributed by atoms with E-state index in [1.807, 2.05) is 12.1 Å². The molecule has 0 aromatic heterocycles. The van der Waals surface area contributed by atoms with E-state index in [0.717, 1.165) is 0 Å². The van der Waals surface area contributed by atoms with Crippen LogP contribution in [0.1, 0.15) is 37.9 Å². The van der Waals surface area contributed by atoms with Gasteiger partial charge < -0.3 is 5.01 Å². The monoisotopic (exact) mass is 368 g/mol. The quantitative estimate of drug-likeness (QED) is 0.582. The molecule has 0 bridgehead atoms. The van der Waals surface area contributed by atoms with Crippen LogP contribution in [0.4, 0.5) is 0 Å². The van der Waals surface area contributed by atoms with Gasteiger partial charge in [-0.3, -0.25) is 0 Å². The van der Waals surface area contributed by atoms with Crippen LogP contribution in [0.5, 0.6) is 0 Å². The molecule has 142 valence electrons. The van der Waals surface area contributed by atoms with E-state index >= 15 is 0 Å². The Morgan fingerprint density at radius 1 is 0.750 bits per heavy atom. The van der Waals surface area contributed by atoms with Crippen LogP contribution < -0.4 is 5.43 Å². The van der Waals surface area contributed by atoms with E-state index in [-0.39, 0.29) is 11.5 Å². The minimum atomic E-state index is 0.186. The third kappa shape index (κ3) is 3.88. The van der Waals surface area contributed by atoms with Crippen molar-refractivity contribution in [3.05, 3.63) is 96.2 Å². The molecular weight excluding hydrogens is 340 g/mol. The normalized spacial score (nSPS) is 16.6. The van der Waals surface area contributed by atoms with E-state index in [9.17, 15) is 0 Å². The average molecular weight is 369 g/mol. The second-order valence-corrected chi connectivity index (χ2v) is 8.59. The van der Waals surface area contributed by atoms with Gasteiger partial charge in [0.25, 0.3) is 0 Å². The molecule has 1 unspecified atom stereocenters. The highest BCUT2D eigenvalue weighted by atomic mass is 15.5. The molecule has 0 fully saturated rings. The van der Waals surface area contributed by atoms with Crippen LogP contribution in [0.15, 0.2) is 85.1 Å². The molecule has 28 heavy (non-hydrogen) atoms. The first kappa shape index (κ1) is 18.5. The fourth-order valence-corrected chi connectivity index (χ4v) is 3.64. The molecular formula is C26H28N2. The van der Waals surface area contributed by atoms with Crippen LogP contribution in [0, 0.1) is 0 Å². The van der Waals surface area contributed by atoms with E-state index in [2.05, 4.69) is 111 Å². The lowest BCUT2D eigenvalue weighted by molar-refractivity contribution is 0.333. The Bertz CT molecular complexity index is 976. The van der Waals surface area contributed by atoms with Crippen molar-refractivity contribution in [1.82, 2.24) is 10.4 Å². The number of hydrogen-bond donors (Lipinski definition) is 1. The minimum absolute atomic E-state index is 0.186. The molecule has 1 heterocycles. The number of rotatable bonds is 3. The van der Waals surface area contributed by atoms with Gasteiger partial charge in [0.05, 0.1) is 6.04 Å². The van der Waals surface area contributed by atoms with Gasteiger partial charge in [0.1, 0.15) is 0 Å². The Balaban J connectivity index is 1.56. The zero-order valence-corrected chi connectivity index (χ0v) is 17.1. The average Bonchev–Trinajstić information content (AvgIpc) is 3.14. The summed E-state index contributed by atoms with van der Waals surface area (Å²) in [5.41, 5.74) is 11.2. The van der Waals surface area contributed by atoms with Crippen LogP contribution in [0.25, 0.3) is 22.3 Å². The van der Waals surface area contributed by atoms with Gasteiger partial charge in [0, 0.05) is 13.2 Å². The summed E-state index contributed by atoms with van der Waals surface area (Å²) >= 11 is 0. The summed E-state index contributed by atoms with van der Waals surface area (Å²) in [6.07, 6.45) is 4.25. The van der Waals surface area contributed by atoms with E-state index in [1.165, 1.54) is 33.4 Å². The zero-order chi connectivity index (χ0) is 19.7. The minimum Gasteiger partial charge on any atom is -0.318 e. The SMILES string of the molecule is CN1C=CC(c2cccc(-c3ccc(-c4ccc(C(C)(C)C)cc4)cc3)c2)N1. The molecule has 0 spiro atoms. The Hall–Kier alpha value is -2.84. The molecule has 0 saturated heterocycles. The number of hydrogen-bond acceptors (Lipinski definition) is 2. The van der Waals surface area contributed by atoms with E-state index in [0.29, 0.717) is 0 Å². The summed E-state index contributed by atoms with van der Waals surface area (Å²) in [6, 6.07) is 26.8. The van der Waals surface area contributed by atoms with E-state index < -0.39 is 0 Å². The smallest absolute Gasteiger partial charge is 0.0710 e. The van der Waals surface area contributed by atoms with Gasteiger partial charge in [-0.05, 0) is 50.9 Å². The Morgan fingerprint density at radius 2 is 1.32 bits per heavy atom. The molecule has 2 heteroatoms. The van der Waals surface area contributed by atoms with Gasteiger partial charge in [0.2, 0.25) is 0 Å². The first-order valence-corrected chi connectivity index (χ1v) is 9.89. The lowest BCUT2D eigenvalue weighted by Gasteiger charge is -2.19. The maximum Gasteiger partial charge on any atom is 0.0710 e. The third-order valence-electron chi connectivity index (χ3n) is 5.39. The van der Waals surface area contributed by atoms with Crippen molar-refractivity contribution in [1.29, 1.82) is 0 Å². The summed E-state index contributed by atoms with van der Waals surface area (Å²) < 4.78 is 0. The molecule has 4 rings (SSSR count). The molecule has 0 radical (unpaired) electrons. The second-order valence-electron chi connectivity index (χ2n) is 8.59. The third-order valence-corrected chi connectivity index (χ3v) is 5.39. The second kappa shape index (κ2) is 7.29. The number of nitrogens with zero attached hydrogens (tertiary/aromatic N) is 1. The van der Waals surface area contributed by atoms with Crippen molar-refractivity contribution < 1.29 is 0 Å². The van der Waals surface area contributed by atoms with Gasteiger partial charge in [-0.2, -0.15) is 0 Å². The molecule has 3 aromatic rings. The molecule has 1 aliphatic heterocycles. The lowest BCUT2D eigenvalue weighted by Crippen LogP contribution is -2.26. The molecule has 2 nitrogen and oxygen atoms in total. The zero-order valence-electron chi connectivity index (χ0n) is 17.1. The topological polar surface area (TPSA) is 15.3 Å². The molecule has 1 aliphatic rings. The molecule has 0 saturated carbocycles. The van der Waals surface area contributed by atoms with Crippen LogP contribution in [-0.2, 0) is 5.41 Å². The highest BCUT2D eigenvalue weighted by Gasteiger charge is 2.15. The molecule has 1 atom stereocenters. The van der Waals surface area contributed by atoms with E-state index in [4.69, 9.17) is 0 Å². The number of nitrogens with one attached hydrogen (secondary N) is 1. The highest BCUT2D eigenvalue weighted by Crippen LogP contribution is 2.29. The summed E-state index contributed by atoms with van der Waals surface area (Å²) in [5.74, 6) is 0. The Labute approximate surface area is 168 Å². The Morgan fingerprint density at radius 3 is 1.86 bits per heavy atom. The fraction of sp³-hybridized carbons (Fsp3) is 0.231. The molecule has 1 N–H and O–H groups in total. The number of benzene rings is 3. The maximum atomic E-state index is 3.42. The molecule has 0 amide bonds. The van der Waals surface area contributed by atoms with Crippen molar-refractivity contribution >= 4 is 0 Å². The van der Waals surface area contributed by atoms with Crippen LogP contribution in [-0.4, -0.2) is 12.1 Å². The largest absolute Gasteiger partial charge is 0.318 e. The van der Waals surface area contributed by atoms with Crippen LogP contribution >= 0.6 is 0 Å². The highest BCUT2D eigenvalue weighted by molar-refractivity contribution is 5.71.